The molecule has 0 saturated carbocycles. The zero-order valence-corrected chi connectivity index (χ0v) is 9.72. The van der Waals surface area contributed by atoms with Crippen LogP contribution in [0.15, 0.2) is 4.52 Å². The summed E-state index contributed by atoms with van der Waals surface area (Å²) >= 11 is 0. The summed E-state index contributed by atoms with van der Waals surface area (Å²) in [5.41, 5.74) is 2.22. The van der Waals surface area contributed by atoms with Crippen molar-refractivity contribution in [3.8, 4) is 0 Å². The summed E-state index contributed by atoms with van der Waals surface area (Å²) in [5.74, 6) is 1.42. The maximum Gasteiger partial charge on any atom is 0.142 e. The zero-order chi connectivity index (χ0) is 10.7. The number of nitrogens with one attached hydrogen (secondary N) is 1. The van der Waals surface area contributed by atoms with Gasteiger partial charge >= 0.3 is 0 Å². The van der Waals surface area contributed by atoms with Gasteiger partial charge in [-0.1, -0.05) is 32.9 Å². The van der Waals surface area contributed by atoms with E-state index in [1.54, 1.807) is 0 Å². The van der Waals surface area contributed by atoms with Crippen molar-refractivity contribution in [2.45, 2.75) is 53.1 Å². The van der Waals surface area contributed by atoms with E-state index in [1.165, 1.54) is 5.56 Å². The van der Waals surface area contributed by atoms with E-state index in [9.17, 15) is 0 Å². The second-order valence-corrected chi connectivity index (χ2v) is 4.31. The third-order valence-corrected chi connectivity index (χ3v) is 2.26. The molecule has 0 radical (unpaired) electrons. The summed E-state index contributed by atoms with van der Waals surface area (Å²) in [6, 6.07) is 0.480. The lowest BCUT2D eigenvalue weighted by molar-refractivity contribution is 0.362. The highest BCUT2D eigenvalue weighted by atomic mass is 16.5. The van der Waals surface area contributed by atoms with E-state index >= 15 is 0 Å². The molecule has 0 fully saturated rings. The monoisotopic (exact) mass is 196 g/mol. The predicted octanol–water partition coefficient (Wildman–Crippen LogP) is 2.60. The Bertz CT molecular complexity index is 289. The molecule has 3 heteroatoms. The zero-order valence-electron chi connectivity index (χ0n) is 9.72. The van der Waals surface area contributed by atoms with Gasteiger partial charge in [-0.3, -0.25) is 0 Å². The Morgan fingerprint density at radius 1 is 1.29 bits per heavy atom. The first-order valence-corrected chi connectivity index (χ1v) is 5.20. The molecule has 1 aromatic heterocycles. The molecule has 0 atom stereocenters. The minimum atomic E-state index is 0.412. The van der Waals surface area contributed by atoms with E-state index in [0.29, 0.717) is 12.0 Å². The first-order valence-electron chi connectivity index (χ1n) is 5.20. The molecule has 80 valence electrons. The van der Waals surface area contributed by atoms with E-state index in [4.69, 9.17) is 4.52 Å². The predicted molar refractivity (Wildman–Crippen MR) is 57.3 cm³/mol. The lowest BCUT2D eigenvalue weighted by Crippen LogP contribution is -2.22. The normalized spacial score (nSPS) is 11.6. The Kier molecular flexibility index (Phi) is 3.69. The maximum atomic E-state index is 5.30. The third kappa shape index (κ3) is 2.58. The molecule has 0 aromatic carbocycles. The SMILES string of the molecule is Cc1c(CNC(C)C)noc1C(C)C. The van der Waals surface area contributed by atoms with Gasteiger partial charge in [0.05, 0.1) is 0 Å². The Labute approximate surface area is 85.9 Å². The fourth-order valence-corrected chi connectivity index (χ4v) is 1.39. The summed E-state index contributed by atoms with van der Waals surface area (Å²) in [4.78, 5) is 0. The highest BCUT2D eigenvalue weighted by Crippen LogP contribution is 2.21. The van der Waals surface area contributed by atoms with Crippen LogP contribution in [0.5, 0.6) is 0 Å². The quantitative estimate of drug-likeness (QED) is 0.804. The summed E-state index contributed by atoms with van der Waals surface area (Å²) in [7, 11) is 0. The molecule has 0 aliphatic heterocycles. The first-order chi connectivity index (χ1) is 6.52. The van der Waals surface area contributed by atoms with Crippen LogP contribution in [-0.2, 0) is 6.54 Å². The molecule has 0 aliphatic carbocycles. The average Bonchev–Trinajstić information content (AvgIpc) is 2.43. The molecule has 3 nitrogen and oxygen atoms in total. The molecule has 0 bridgehead atoms. The summed E-state index contributed by atoms with van der Waals surface area (Å²) in [6.07, 6.45) is 0. The molecular formula is C11H20N2O. The van der Waals surface area contributed by atoms with Crippen LogP contribution in [-0.4, -0.2) is 11.2 Å². The fourth-order valence-electron chi connectivity index (χ4n) is 1.39. The minimum absolute atomic E-state index is 0.412. The molecule has 0 unspecified atom stereocenters. The van der Waals surface area contributed by atoms with Gasteiger partial charge in [0.1, 0.15) is 11.5 Å². The Balaban J connectivity index is 2.70. The van der Waals surface area contributed by atoms with Crippen molar-refractivity contribution in [3.05, 3.63) is 17.0 Å². The Hall–Kier alpha value is -0.830. The second-order valence-electron chi connectivity index (χ2n) is 4.31. The van der Waals surface area contributed by atoms with Crippen molar-refractivity contribution >= 4 is 0 Å². The first kappa shape index (κ1) is 11.2. The van der Waals surface area contributed by atoms with Gasteiger partial charge < -0.3 is 9.84 Å². The van der Waals surface area contributed by atoms with Gasteiger partial charge in [-0.25, -0.2) is 0 Å². The van der Waals surface area contributed by atoms with Crippen LogP contribution in [0.1, 0.15) is 50.6 Å². The lowest BCUT2D eigenvalue weighted by Gasteiger charge is -2.05. The molecule has 0 amide bonds. The maximum absolute atomic E-state index is 5.30. The lowest BCUT2D eigenvalue weighted by atomic mass is 10.1. The molecule has 0 saturated heterocycles. The van der Waals surface area contributed by atoms with Crippen molar-refractivity contribution in [2.24, 2.45) is 0 Å². The number of hydrogen-bond acceptors (Lipinski definition) is 3. The van der Waals surface area contributed by atoms with E-state index in [0.717, 1.165) is 18.0 Å². The second kappa shape index (κ2) is 4.60. The third-order valence-electron chi connectivity index (χ3n) is 2.26. The van der Waals surface area contributed by atoms with Crippen molar-refractivity contribution in [2.75, 3.05) is 0 Å². The van der Waals surface area contributed by atoms with Gasteiger partial charge in [0.25, 0.3) is 0 Å². The number of aromatic nitrogens is 1. The van der Waals surface area contributed by atoms with Gasteiger partial charge in [-0.15, -0.1) is 0 Å². The van der Waals surface area contributed by atoms with E-state index < -0.39 is 0 Å². The summed E-state index contributed by atoms with van der Waals surface area (Å²) in [6.45, 7) is 11.3. The van der Waals surface area contributed by atoms with Gasteiger partial charge in [0.15, 0.2) is 0 Å². The van der Waals surface area contributed by atoms with Crippen LogP contribution in [0.4, 0.5) is 0 Å². The molecule has 0 spiro atoms. The smallest absolute Gasteiger partial charge is 0.142 e. The van der Waals surface area contributed by atoms with Crippen molar-refractivity contribution < 1.29 is 4.52 Å². The van der Waals surface area contributed by atoms with Crippen LogP contribution >= 0.6 is 0 Å². The van der Waals surface area contributed by atoms with Crippen molar-refractivity contribution in [3.63, 3.8) is 0 Å². The molecule has 14 heavy (non-hydrogen) atoms. The Morgan fingerprint density at radius 3 is 2.36 bits per heavy atom. The summed E-state index contributed by atoms with van der Waals surface area (Å²) in [5, 5.41) is 7.40. The highest BCUT2D eigenvalue weighted by molar-refractivity contribution is 5.23. The number of rotatable bonds is 4. The largest absolute Gasteiger partial charge is 0.361 e. The van der Waals surface area contributed by atoms with Crippen molar-refractivity contribution in [1.82, 2.24) is 10.5 Å². The van der Waals surface area contributed by atoms with Gasteiger partial charge in [-0.2, -0.15) is 0 Å². The highest BCUT2D eigenvalue weighted by Gasteiger charge is 2.14. The summed E-state index contributed by atoms with van der Waals surface area (Å²) < 4.78 is 5.30. The molecule has 1 rings (SSSR count). The number of hydrogen-bond donors (Lipinski definition) is 1. The van der Waals surface area contributed by atoms with Crippen LogP contribution in [0, 0.1) is 6.92 Å². The standard InChI is InChI=1S/C11H20N2O/c1-7(2)11-9(5)10(13-14-11)6-12-8(3)4/h7-8,12H,6H2,1-5H3. The van der Waals surface area contributed by atoms with Gasteiger partial charge in [0.2, 0.25) is 0 Å². The van der Waals surface area contributed by atoms with Gasteiger partial charge in [-0.05, 0) is 6.92 Å². The number of nitrogens with zero attached hydrogens (tertiary/aromatic N) is 1. The molecule has 1 aromatic rings. The van der Waals surface area contributed by atoms with E-state index in [1.807, 2.05) is 0 Å². The molecule has 1 N–H and O–H groups in total. The molecule has 0 aliphatic rings. The molecule has 1 heterocycles. The van der Waals surface area contributed by atoms with Crippen LogP contribution in [0.25, 0.3) is 0 Å². The topological polar surface area (TPSA) is 38.1 Å². The Morgan fingerprint density at radius 2 is 1.93 bits per heavy atom. The van der Waals surface area contributed by atoms with Crippen LogP contribution < -0.4 is 5.32 Å². The van der Waals surface area contributed by atoms with Gasteiger partial charge in [0, 0.05) is 24.1 Å². The fraction of sp³-hybridized carbons (Fsp3) is 0.727. The molecular weight excluding hydrogens is 176 g/mol. The van der Waals surface area contributed by atoms with Crippen LogP contribution in [0.2, 0.25) is 0 Å². The van der Waals surface area contributed by atoms with E-state index in [-0.39, 0.29) is 0 Å². The van der Waals surface area contributed by atoms with E-state index in [2.05, 4.69) is 45.1 Å². The minimum Gasteiger partial charge on any atom is -0.361 e. The van der Waals surface area contributed by atoms with Crippen molar-refractivity contribution in [1.29, 1.82) is 0 Å². The van der Waals surface area contributed by atoms with Crippen LogP contribution in [0.3, 0.4) is 0 Å². The average molecular weight is 196 g/mol.